The molecule has 1 aromatic rings. The lowest BCUT2D eigenvalue weighted by atomic mass is 10.2. The van der Waals surface area contributed by atoms with Crippen LogP contribution < -0.4 is 10.9 Å². The third-order valence-corrected chi connectivity index (χ3v) is 2.21. The summed E-state index contributed by atoms with van der Waals surface area (Å²) in [6.07, 6.45) is 2.05. The van der Waals surface area contributed by atoms with Crippen LogP contribution in [0.2, 0.25) is 0 Å². The Morgan fingerprint density at radius 2 is 2.28 bits per heavy atom. The molecule has 18 heavy (non-hydrogen) atoms. The highest BCUT2D eigenvalue weighted by Crippen LogP contribution is 2.11. The third-order valence-electron chi connectivity index (χ3n) is 2.21. The van der Waals surface area contributed by atoms with Crippen LogP contribution in [-0.4, -0.2) is 35.3 Å². The number of aromatic nitrogens is 1. The summed E-state index contributed by atoms with van der Waals surface area (Å²) in [7, 11) is 0. The lowest BCUT2D eigenvalue weighted by molar-refractivity contribution is 0.0757. The molecular formula is C12H18N2O4. The molecule has 0 bridgehead atoms. The summed E-state index contributed by atoms with van der Waals surface area (Å²) in [5, 5.41) is 12.1. The molecule has 100 valence electrons. The fraction of sp³-hybridized carbons (Fsp3) is 0.500. The summed E-state index contributed by atoms with van der Waals surface area (Å²) >= 11 is 0. The number of carbonyl (C=O) groups excluding carboxylic acids is 1. The van der Waals surface area contributed by atoms with E-state index < -0.39 is 11.5 Å². The van der Waals surface area contributed by atoms with E-state index >= 15 is 0 Å². The number of rotatable bonds is 6. The van der Waals surface area contributed by atoms with E-state index in [1.807, 2.05) is 13.8 Å². The van der Waals surface area contributed by atoms with Gasteiger partial charge in [0.2, 0.25) is 0 Å². The molecule has 6 nitrogen and oxygen atoms in total. The average Bonchev–Trinajstić information content (AvgIpc) is 2.27. The number of hydrogen-bond donors (Lipinski definition) is 3. The zero-order valence-corrected chi connectivity index (χ0v) is 10.5. The van der Waals surface area contributed by atoms with Gasteiger partial charge in [-0.1, -0.05) is 0 Å². The van der Waals surface area contributed by atoms with E-state index in [2.05, 4.69) is 10.3 Å². The molecule has 0 aromatic carbocycles. The molecule has 3 N–H and O–H groups in total. The molecule has 0 atom stereocenters. The standard InChI is InChI=1S/C12H18N2O4/c1-8(2)18-5-3-4-13-12(17)9-7-14-11(16)6-10(9)15/h6-8H,3-5H2,1-2H3,(H,13,17)(H2,14,15,16). The smallest absolute Gasteiger partial charge is 0.256 e. The van der Waals surface area contributed by atoms with Crippen LogP contribution in [0.25, 0.3) is 0 Å². The number of amides is 1. The molecule has 1 aromatic heterocycles. The molecule has 6 heteroatoms. The molecule has 0 spiro atoms. The van der Waals surface area contributed by atoms with Crippen molar-refractivity contribution < 1.29 is 14.6 Å². The lowest BCUT2D eigenvalue weighted by Crippen LogP contribution is -2.26. The Balaban J connectivity index is 2.39. The van der Waals surface area contributed by atoms with Gasteiger partial charge in [-0.3, -0.25) is 9.59 Å². The molecule has 0 aliphatic carbocycles. The van der Waals surface area contributed by atoms with Gasteiger partial charge in [0, 0.05) is 25.4 Å². The number of pyridine rings is 1. The van der Waals surface area contributed by atoms with Crippen LogP contribution in [0.3, 0.4) is 0 Å². The fourth-order valence-electron chi connectivity index (χ4n) is 1.33. The van der Waals surface area contributed by atoms with Gasteiger partial charge in [-0.05, 0) is 20.3 Å². The Labute approximate surface area is 105 Å². The largest absolute Gasteiger partial charge is 0.507 e. The minimum Gasteiger partial charge on any atom is -0.507 e. The van der Waals surface area contributed by atoms with Gasteiger partial charge < -0.3 is 20.1 Å². The van der Waals surface area contributed by atoms with E-state index in [0.717, 1.165) is 6.07 Å². The van der Waals surface area contributed by atoms with Crippen molar-refractivity contribution in [2.75, 3.05) is 13.2 Å². The van der Waals surface area contributed by atoms with Crippen molar-refractivity contribution in [3.63, 3.8) is 0 Å². The highest BCUT2D eigenvalue weighted by Gasteiger charge is 2.10. The van der Waals surface area contributed by atoms with Gasteiger partial charge in [0.25, 0.3) is 11.5 Å². The summed E-state index contributed by atoms with van der Waals surface area (Å²) in [5.74, 6) is -0.747. The van der Waals surface area contributed by atoms with E-state index in [9.17, 15) is 14.7 Å². The highest BCUT2D eigenvalue weighted by molar-refractivity contribution is 5.96. The zero-order valence-electron chi connectivity index (χ0n) is 10.5. The summed E-state index contributed by atoms with van der Waals surface area (Å²) < 4.78 is 5.32. The number of aromatic amines is 1. The molecule has 1 amide bonds. The number of nitrogens with one attached hydrogen (secondary N) is 2. The van der Waals surface area contributed by atoms with Crippen LogP contribution in [0, 0.1) is 0 Å². The topological polar surface area (TPSA) is 91.4 Å². The first-order valence-electron chi connectivity index (χ1n) is 5.82. The van der Waals surface area contributed by atoms with Crippen molar-refractivity contribution in [1.82, 2.24) is 10.3 Å². The molecule has 0 saturated heterocycles. The first-order chi connectivity index (χ1) is 8.50. The van der Waals surface area contributed by atoms with Gasteiger partial charge in [-0.15, -0.1) is 0 Å². The van der Waals surface area contributed by atoms with Crippen molar-refractivity contribution in [1.29, 1.82) is 0 Å². The van der Waals surface area contributed by atoms with E-state index in [-0.39, 0.29) is 17.4 Å². The van der Waals surface area contributed by atoms with Gasteiger partial charge in [0.15, 0.2) is 0 Å². The van der Waals surface area contributed by atoms with E-state index in [0.29, 0.717) is 19.6 Å². The first-order valence-corrected chi connectivity index (χ1v) is 5.82. The average molecular weight is 254 g/mol. The molecule has 0 saturated carbocycles. The Morgan fingerprint density at radius 1 is 1.56 bits per heavy atom. The summed E-state index contributed by atoms with van der Waals surface area (Å²) in [4.78, 5) is 24.8. The Bertz CT molecular complexity index is 454. The van der Waals surface area contributed by atoms with Gasteiger partial charge in [0.05, 0.1) is 11.7 Å². The second-order valence-corrected chi connectivity index (χ2v) is 4.13. The number of hydrogen-bond acceptors (Lipinski definition) is 4. The quantitative estimate of drug-likeness (QED) is 0.649. The summed E-state index contributed by atoms with van der Waals surface area (Å²) in [5.41, 5.74) is -0.395. The van der Waals surface area contributed by atoms with Gasteiger partial charge >= 0.3 is 0 Å². The molecule has 0 aliphatic rings. The van der Waals surface area contributed by atoms with E-state index in [4.69, 9.17) is 4.74 Å². The summed E-state index contributed by atoms with van der Waals surface area (Å²) in [6.45, 7) is 4.90. The molecule has 0 fully saturated rings. The van der Waals surface area contributed by atoms with Crippen LogP contribution in [0.1, 0.15) is 30.6 Å². The second-order valence-electron chi connectivity index (χ2n) is 4.13. The Morgan fingerprint density at radius 3 is 2.89 bits per heavy atom. The number of ether oxygens (including phenoxy) is 1. The van der Waals surface area contributed by atoms with Crippen molar-refractivity contribution >= 4 is 5.91 Å². The maximum Gasteiger partial charge on any atom is 0.256 e. The van der Waals surface area contributed by atoms with Crippen LogP contribution in [-0.2, 0) is 4.74 Å². The maximum absolute atomic E-state index is 11.6. The number of carbonyl (C=O) groups is 1. The second kappa shape index (κ2) is 6.80. The first kappa shape index (κ1) is 14.2. The minimum atomic E-state index is -0.450. The molecule has 1 rings (SSSR count). The van der Waals surface area contributed by atoms with Crippen molar-refractivity contribution in [2.24, 2.45) is 0 Å². The molecule has 0 unspecified atom stereocenters. The van der Waals surface area contributed by atoms with Crippen molar-refractivity contribution in [3.8, 4) is 5.75 Å². The predicted octanol–water partition coefficient (Wildman–Crippen LogP) is 0.625. The van der Waals surface area contributed by atoms with Crippen LogP contribution >= 0.6 is 0 Å². The molecular weight excluding hydrogens is 236 g/mol. The zero-order chi connectivity index (χ0) is 13.5. The van der Waals surface area contributed by atoms with E-state index in [1.54, 1.807) is 0 Å². The van der Waals surface area contributed by atoms with Gasteiger partial charge in [-0.2, -0.15) is 0 Å². The highest BCUT2D eigenvalue weighted by atomic mass is 16.5. The van der Waals surface area contributed by atoms with E-state index in [1.165, 1.54) is 6.20 Å². The maximum atomic E-state index is 11.6. The monoisotopic (exact) mass is 254 g/mol. The molecule has 0 aliphatic heterocycles. The molecule has 1 heterocycles. The van der Waals surface area contributed by atoms with Crippen LogP contribution in [0.4, 0.5) is 0 Å². The summed E-state index contributed by atoms with van der Waals surface area (Å²) in [6, 6.07) is 0.969. The predicted molar refractivity (Wildman–Crippen MR) is 66.8 cm³/mol. The van der Waals surface area contributed by atoms with Gasteiger partial charge in [-0.25, -0.2) is 0 Å². The molecule has 0 radical (unpaired) electrons. The number of aromatic hydroxyl groups is 1. The van der Waals surface area contributed by atoms with Crippen LogP contribution in [0.5, 0.6) is 5.75 Å². The Kier molecular flexibility index (Phi) is 5.38. The van der Waals surface area contributed by atoms with Crippen molar-refractivity contribution in [3.05, 3.63) is 28.2 Å². The van der Waals surface area contributed by atoms with Gasteiger partial charge in [0.1, 0.15) is 5.75 Å². The number of H-pyrrole nitrogens is 1. The fourth-order valence-corrected chi connectivity index (χ4v) is 1.33. The minimum absolute atomic E-state index is 0.0550. The SMILES string of the molecule is CC(C)OCCCNC(=O)c1c[nH]c(=O)cc1O. The normalized spacial score (nSPS) is 10.6. The Hall–Kier alpha value is -1.82. The van der Waals surface area contributed by atoms with Crippen molar-refractivity contribution in [2.45, 2.75) is 26.4 Å². The third kappa shape index (κ3) is 4.58. The van der Waals surface area contributed by atoms with Crippen LogP contribution in [0.15, 0.2) is 17.1 Å². The lowest BCUT2D eigenvalue weighted by Gasteiger charge is -2.08.